The minimum absolute atomic E-state index is 0.0280. The second kappa shape index (κ2) is 9.92. The Morgan fingerprint density at radius 1 is 0.969 bits per heavy atom. The number of piperazine rings is 1. The van der Waals surface area contributed by atoms with Gasteiger partial charge < -0.3 is 19.9 Å². The summed E-state index contributed by atoms with van der Waals surface area (Å²) in [4.78, 5) is 20.7. The van der Waals surface area contributed by atoms with Crippen LogP contribution < -0.4 is 15.1 Å². The van der Waals surface area contributed by atoms with E-state index in [1.165, 1.54) is 16.9 Å². The number of para-hydroxylation sites is 2. The van der Waals surface area contributed by atoms with Crippen LogP contribution in [-0.4, -0.2) is 75.9 Å². The predicted octanol–water partition coefficient (Wildman–Crippen LogP) is 2.39. The van der Waals surface area contributed by atoms with Gasteiger partial charge in [0.2, 0.25) is 5.91 Å². The maximum absolute atomic E-state index is 13.4. The molecule has 0 bridgehead atoms. The molecule has 0 aromatic heterocycles. The highest BCUT2D eigenvalue weighted by atomic mass is 16.5. The molecular formula is C26H34N4O2. The lowest BCUT2D eigenvalue weighted by atomic mass is 9.83. The van der Waals surface area contributed by atoms with Crippen LogP contribution in [0.3, 0.4) is 0 Å². The normalized spacial score (nSPS) is 23.4. The molecule has 6 heteroatoms. The number of nitrogens with one attached hydrogen (secondary N) is 1. The van der Waals surface area contributed by atoms with Crippen LogP contribution in [0.15, 0.2) is 54.6 Å². The minimum atomic E-state index is -0.0280. The fraction of sp³-hybridized carbons (Fsp3) is 0.500. The summed E-state index contributed by atoms with van der Waals surface area (Å²) < 4.78 is 5.42. The molecule has 2 unspecified atom stereocenters. The van der Waals surface area contributed by atoms with Crippen LogP contribution in [0.5, 0.6) is 0 Å². The molecule has 2 aromatic rings. The second-order valence-electron chi connectivity index (χ2n) is 9.08. The zero-order valence-corrected chi connectivity index (χ0v) is 18.8. The predicted molar refractivity (Wildman–Crippen MR) is 128 cm³/mol. The molecule has 6 nitrogen and oxygen atoms in total. The Hall–Kier alpha value is -2.57. The Labute approximate surface area is 191 Å². The maximum atomic E-state index is 13.4. The molecule has 3 aliphatic rings. The molecule has 0 saturated carbocycles. The Kier molecular flexibility index (Phi) is 6.60. The van der Waals surface area contributed by atoms with E-state index >= 15 is 0 Å². The van der Waals surface area contributed by atoms with E-state index in [9.17, 15) is 4.79 Å². The number of hydrogen-bond acceptors (Lipinski definition) is 5. The van der Waals surface area contributed by atoms with Crippen LogP contribution in [0, 0.1) is 5.92 Å². The highest BCUT2D eigenvalue weighted by Crippen LogP contribution is 2.36. The standard InChI is InChI=1S/C26H34N4O2/c31-26(27-11-6-12-28-15-17-32-18-16-28)23-19-21-7-4-5-10-24(21)30-14-13-29(20-25(23)30)22-8-2-1-3-9-22/h1-5,7-10,23,25H,6,11-20H2,(H,27,31). The summed E-state index contributed by atoms with van der Waals surface area (Å²) in [6.45, 7) is 8.20. The van der Waals surface area contributed by atoms with Crippen molar-refractivity contribution in [1.29, 1.82) is 0 Å². The Bertz CT molecular complexity index is 900. The molecule has 5 rings (SSSR count). The number of morpholine rings is 1. The first-order valence-electron chi connectivity index (χ1n) is 12.0. The van der Waals surface area contributed by atoms with Gasteiger partial charge >= 0.3 is 0 Å². The van der Waals surface area contributed by atoms with Crippen LogP contribution in [0.25, 0.3) is 0 Å². The van der Waals surface area contributed by atoms with Crippen molar-refractivity contribution in [2.24, 2.45) is 5.92 Å². The van der Waals surface area contributed by atoms with Gasteiger partial charge in [-0.05, 0) is 43.1 Å². The first kappa shape index (κ1) is 21.3. The second-order valence-corrected chi connectivity index (χ2v) is 9.08. The van der Waals surface area contributed by atoms with Crippen molar-refractivity contribution in [2.45, 2.75) is 18.9 Å². The number of benzene rings is 2. The van der Waals surface area contributed by atoms with E-state index in [1.54, 1.807) is 0 Å². The minimum Gasteiger partial charge on any atom is -0.379 e. The number of anilines is 2. The zero-order chi connectivity index (χ0) is 21.8. The lowest BCUT2D eigenvalue weighted by Crippen LogP contribution is -2.61. The Morgan fingerprint density at radius 2 is 1.75 bits per heavy atom. The smallest absolute Gasteiger partial charge is 0.225 e. The topological polar surface area (TPSA) is 48.1 Å². The first-order chi connectivity index (χ1) is 15.8. The molecule has 170 valence electrons. The van der Waals surface area contributed by atoms with Gasteiger partial charge in [0.25, 0.3) is 0 Å². The van der Waals surface area contributed by atoms with Gasteiger partial charge in [0, 0.05) is 50.6 Å². The summed E-state index contributed by atoms with van der Waals surface area (Å²) in [5.41, 5.74) is 3.85. The summed E-state index contributed by atoms with van der Waals surface area (Å²) in [6, 6.07) is 19.4. The van der Waals surface area contributed by atoms with Gasteiger partial charge in [-0.3, -0.25) is 9.69 Å². The average Bonchev–Trinajstić information content (AvgIpc) is 2.87. The number of carbonyl (C=O) groups excluding carboxylic acids is 1. The van der Waals surface area contributed by atoms with Crippen molar-refractivity contribution >= 4 is 17.3 Å². The molecule has 0 aliphatic carbocycles. The van der Waals surface area contributed by atoms with E-state index in [2.05, 4.69) is 74.6 Å². The van der Waals surface area contributed by atoms with Crippen molar-refractivity contribution in [2.75, 3.05) is 68.8 Å². The lowest BCUT2D eigenvalue weighted by Gasteiger charge is -2.49. The van der Waals surface area contributed by atoms with E-state index in [0.717, 1.165) is 71.9 Å². The molecule has 3 heterocycles. The van der Waals surface area contributed by atoms with E-state index < -0.39 is 0 Å². The molecule has 0 radical (unpaired) electrons. The van der Waals surface area contributed by atoms with E-state index in [0.29, 0.717) is 0 Å². The van der Waals surface area contributed by atoms with Crippen molar-refractivity contribution in [3.63, 3.8) is 0 Å². The molecule has 32 heavy (non-hydrogen) atoms. The van der Waals surface area contributed by atoms with Gasteiger partial charge in [0.15, 0.2) is 0 Å². The summed E-state index contributed by atoms with van der Waals surface area (Å²) in [7, 11) is 0. The number of hydrogen-bond donors (Lipinski definition) is 1. The molecule has 2 atom stereocenters. The monoisotopic (exact) mass is 434 g/mol. The van der Waals surface area contributed by atoms with E-state index in [-0.39, 0.29) is 17.9 Å². The van der Waals surface area contributed by atoms with Gasteiger partial charge in [-0.15, -0.1) is 0 Å². The number of rotatable bonds is 6. The number of nitrogens with zero attached hydrogens (tertiary/aromatic N) is 3. The fourth-order valence-electron chi connectivity index (χ4n) is 5.40. The lowest BCUT2D eigenvalue weighted by molar-refractivity contribution is -0.125. The third-order valence-corrected chi connectivity index (χ3v) is 7.14. The molecule has 3 aliphatic heterocycles. The van der Waals surface area contributed by atoms with Crippen molar-refractivity contribution in [1.82, 2.24) is 10.2 Å². The quantitative estimate of drug-likeness (QED) is 0.708. The molecule has 2 saturated heterocycles. The van der Waals surface area contributed by atoms with Crippen LogP contribution in [0.2, 0.25) is 0 Å². The highest BCUT2D eigenvalue weighted by molar-refractivity contribution is 5.82. The molecule has 1 amide bonds. The van der Waals surface area contributed by atoms with Crippen LogP contribution >= 0.6 is 0 Å². The Morgan fingerprint density at radius 3 is 2.59 bits per heavy atom. The van der Waals surface area contributed by atoms with Gasteiger partial charge in [-0.25, -0.2) is 0 Å². The van der Waals surface area contributed by atoms with Crippen molar-refractivity contribution in [3.8, 4) is 0 Å². The van der Waals surface area contributed by atoms with Crippen molar-refractivity contribution in [3.05, 3.63) is 60.2 Å². The molecule has 2 fully saturated rings. The third-order valence-electron chi connectivity index (χ3n) is 7.14. The average molecular weight is 435 g/mol. The SMILES string of the molecule is O=C(NCCCN1CCOCC1)C1Cc2ccccc2N2CCN(c3ccccc3)CC12. The molecule has 1 N–H and O–H groups in total. The fourth-order valence-corrected chi connectivity index (χ4v) is 5.40. The largest absolute Gasteiger partial charge is 0.379 e. The van der Waals surface area contributed by atoms with E-state index in [1.807, 2.05) is 0 Å². The summed E-state index contributed by atoms with van der Waals surface area (Å²) >= 11 is 0. The third kappa shape index (κ3) is 4.62. The van der Waals surface area contributed by atoms with Crippen LogP contribution in [0.1, 0.15) is 12.0 Å². The summed E-state index contributed by atoms with van der Waals surface area (Å²) in [5, 5.41) is 3.27. The van der Waals surface area contributed by atoms with Gasteiger partial charge in [-0.2, -0.15) is 0 Å². The molecule has 0 spiro atoms. The summed E-state index contributed by atoms with van der Waals surface area (Å²) in [6.07, 6.45) is 1.80. The number of fused-ring (bicyclic) bond motifs is 3. The van der Waals surface area contributed by atoms with E-state index in [4.69, 9.17) is 4.74 Å². The maximum Gasteiger partial charge on any atom is 0.225 e. The number of carbonyl (C=O) groups is 1. The Balaban J connectivity index is 1.26. The van der Waals surface area contributed by atoms with Crippen molar-refractivity contribution < 1.29 is 9.53 Å². The van der Waals surface area contributed by atoms with Crippen LogP contribution in [0.4, 0.5) is 11.4 Å². The van der Waals surface area contributed by atoms with Gasteiger partial charge in [-0.1, -0.05) is 36.4 Å². The molecular weight excluding hydrogens is 400 g/mol. The number of ether oxygens (including phenoxy) is 1. The molecule has 2 aromatic carbocycles. The van der Waals surface area contributed by atoms with Gasteiger partial charge in [0.05, 0.1) is 25.2 Å². The van der Waals surface area contributed by atoms with Crippen LogP contribution in [-0.2, 0) is 16.0 Å². The first-order valence-corrected chi connectivity index (χ1v) is 12.0. The number of amides is 1. The highest BCUT2D eigenvalue weighted by Gasteiger charge is 2.41. The zero-order valence-electron chi connectivity index (χ0n) is 18.8. The summed E-state index contributed by atoms with van der Waals surface area (Å²) in [5.74, 6) is 0.172. The van der Waals surface area contributed by atoms with Gasteiger partial charge in [0.1, 0.15) is 0 Å².